The van der Waals surface area contributed by atoms with Crippen LogP contribution in [0.2, 0.25) is 0 Å². The molecule has 2 heterocycles. The van der Waals surface area contributed by atoms with E-state index in [0.29, 0.717) is 11.9 Å². The maximum absolute atomic E-state index is 10.7. The van der Waals surface area contributed by atoms with Gasteiger partial charge in [-0.05, 0) is 38.1 Å². The number of aromatic carboxylic acids is 1. The number of rotatable bonds is 5. The first kappa shape index (κ1) is 13.7. The van der Waals surface area contributed by atoms with Gasteiger partial charge in [-0.25, -0.2) is 4.79 Å². The number of likely N-dealkylation sites (tertiary alicyclic amines) is 1. The van der Waals surface area contributed by atoms with Gasteiger partial charge in [0.05, 0.1) is 0 Å². The van der Waals surface area contributed by atoms with Gasteiger partial charge >= 0.3 is 5.97 Å². The standard InChI is InChI=1S/C13H20N4O2/c1-2-17-8-4-3-5-10(17)9-14-12-7-6-11(13(18)19)15-16-12/h6-7,10H,2-5,8-9H2,1H3,(H,14,16)(H,18,19). The molecule has 1 atom stereocenters. The zero-order valence-corrected chi connectivity index (χ0v) is 11.2. The number of likely N-dealkylation sites (N-methyl/N-ethyl adjacent to an activating group) is 1. The Morgan fingerprint density at radius 3 is 2.95 bits per heavy atom. The van der Waals surface area contributed by atoms with E-state index >= 15 is 0 Å². The molecule has 0 bridgehead atoms. The normalized spacial score (nSPS) is 20.2. The van der Waals surface area contributed by atoms with E-state index < -0.39 is 5.97 Å². The molecule has 1 saturated heterocycles. The predicted molar refractivity (Wildman–Crippen MR) is 72.4 cm³/mol. The van der Waals surface area contributed by atoms with Gasteiger partial charge in [0.2, 0.25) is 0 Å². The number of nitrogens with one attached hydrogen (secondary N) is 1. The van der Waals surface area contributed by atoms with Gasteiger partial charge in [-0.3, -0.25) is 4.90 Å². The van der Waals surface area contributed by atoms with Crippen molar-refractivity contribution in [2.75, 3.05) is 25.0 Å². The molecule has 6 heteroatoms. The Hall–Kier alpha value is -1.69. The maximum atomic E-state index is 10.7. The molecule has 2 N–H and O–H groups in total. The summed E-state index contributed by atoms with van der Waals surface area (Å²) in [5.41, 5.74) is -0.0293. The van der Waals surface area contributed by atoms with Crippen LogP contribution in [0, 0.1) is 0 Å². The Morgan fingerprint density at radius 1 is 1.47 bits per heavy atom. The Kier molecular flexibility index (Phi) is 4.68. The second-order valence-corrected chi connectivity index (χ2v) is 4.77. The van der Waals surface area contributed by atoms with Crippen molar-refractivity contribution >= 4 is 11.8 Å². The molecule has 0 spiro atoms. The van der Waals surface area contributed by atoms with Crippen molar-refractivity contribution in [2.24, 2.45) is 0 Å². The maximum Gasteiger partial charge on any atom is 0.356 e. The third-order valence-corrected chi connectivity index (χ3v) is 3.56. The number of hydrogen-bond donors (Lipinski definition) is 2. The number of piperidine rings is 1. The summed E-state index contributed by atoms with van der Waals surface area (Å²) in [5, 5.41) is 19.5. The van der Waals surface area contributed by atoms with E-state index in [9.17, 15) is 4.79 Å². The molecule has 1 fully saturated rings. The molecule has 1 aromatic heterocycles. The molecule has 0 aromatic carbocycles. The quantitative estimate of drug-likeness (QED) is 0.838. The third kappa shape index (κ3) is 3.64. The average molecular weight is 264 g/mol. The molecule has 104 valence electrons. The van der Waals surface area contributed by atoms with Gasteiger partial charge < -0.3 is 10.4 Å². The van der Waals surface area contributed by atoms with E-state index in [1.807, 2.05) is 0 Å². The van der Waals surface area contributed by atoms with Crippen LogP contribution in [-0.2, 0) is 0 Å². The molecule has 19 heavy (non-hydrogen) atoms. The van der Waals surface area contributed by atoms with Crippen LogP contribution in [0.1, 0.15) is 36.7 Å². The van der Waals surface area contributed by atoms with Crippen LogP contribution in [0.25, 0.3) is 0 Å². The molecule has 1 aliphatic rings. The molecular weight excluding hydrogens is 244 g/mol. The fourth-order valence-corrected chi connectivity index (χ4v) is 2.47. The van der Waals surface area contributed by atoms with Gasteiger partial charge in [0.1, 0.15) is 5.82 Å². The lowest BCUT2D eigenvalue weighted by molar-refractivity contribution is 0.0689. The molecule has 1 unspecified atom stereocenters. The minimum Gasteiger partial charge on any atom is -0.476 e. The fraction of sp³-hybridized carbons (Fsp3) is 0.615. The van der Waals surface area contributed by atoms with Gasteiger partial charge in [0.25, 0.3) is 0 Å². The van der Waals surface area contributed by atoms with Crippen LogP contribution in [0.4, 0.5) is 5.82 Å². The molecule has 0 saturated carbocycles. The van der Waals surface area contributed by atoms with Crippen molar-refractivity contribution in [3.63, 3.8) is 0 Å². The van der Waals surface area contributed by atoms with E-state index in [-0.39, 0.29) is 5.69 Å². The fourth-order valence-electron chi connectivity index (χ4n) is 2.47. The largest absolute Gasteiger partial charge is 0.476 e. The zero-order valence-electron chi connectivity index (χ0n) is 11.2. The molecule has 2 rings (SSSR count). The summed E-state index contributed by atoms with van der Waals surface area (Å²) in [4.78, 5) is 13.1. The average Bonchev–Trinajstić information content (AvgIpc) is 2.45. The third-order valence-electron chi connectivity index (χ3n) is 3.56. The lowest BCUT2D eigenvalue weighted by atomic mass is 10.0. The van der Waals surface area contributed by atoms with Crippen molar-refractivity contribution in [1.29, 1.82) is 0 Å². The predicted octanol–water partition coefficient (Wildman–Crippen LogP) is 1.46. The van der Waals surface area contributed by atoms with Crippen LogP contribution in [-0.4, -0.2) is 51.8 Å². The molecule has 0 amide bonds. The summed E-state index contributed by atoms with van der Waals surface area (Å²) in [5.74, 6) is -0.421. The summed E-state index contributed by atoms with van der Waals surface area (Å²) < 4.78 is 0. The smallest absolute Gasteiger partial charge is 0.356 e. The highest BCUT2D eigenvalue weighted by molar-refractivity contribution is 5.85. The summed E-state index contributed by atoms with van der Waals surface area (Å²) in [6, 6.07) is 3.66. The van der Waals surface area contributed by atoms with Crippen molar-refractivity contribution in [1.82, 2.24) is 15.1 Å². The monoisotopic (exact) mass is 264 g/mol. The Bertz CT molecular complexity index is 421. The first-order valence-electron chi connectivity index (χ1n) is 6.75. The van der Waals surface area contributed by atoms with Crippen LogP contribution in [0.5, 0.6) is 0 Å². The minimum absolute atomic E-state index is 0.0293. The number of hydrogen-bond acceptors (Lipinski definition) is 5. The van der Waals surface area contributed by atoms with E-state index in [2.05, 4.69) is 27.3 Å². The molecular formula is C13H20N4O2. The number of nitrogens with zero attached hydrogens (tertiary/aromatic N) is 3. The van der Waals surface area contributed by atoms with Crippen LogP contribution >= 0.6 is 0 Å². The lowest BCUT2D eigenvalue weighted by Crippen LogP contribution is -2.43. The van der Waals surface area contributed by atoms with Crippen molar-refractivity contribution in [3.05, 3.63) is 17.8 Å². The highest BCUT2D eigenvalue weighted by atomic mass is 16.4. The number of carbonyl (C=O) groups is 1. The Labute approximate surface area is 112 Å². The van der Waals surface area contributed by atoms with Crippen molar-refractivity contribution in [2.45, 2.75) is 32.2 Å². The number of carboxylic acid groups (broad SMARTS) is 1. The topological polar surface area (TPSA) is 78.4 Å². The SMILES string of the molecule is CCN1CCCCC1CNc1ccc(C(=O)O)nn1. The van der Waals surface area contributed by atoms with Crippen molar-refractivity contribution in [3.8, 4) is 0 Å². The zero-order chi connectivity index (χ0) is 13.7. The van der Waals surface area contributed by atoms with E-state index in [0.717, 1.165) is 19.6 Å². The van der Waals surface area contributed by atoms with Gasteiger partial charge in [-0.15, -0.1) is 10.2 Å². The van der Waals surface area contributed by atoms with Gasteiger partial charge in [0.15, 0.2) is 5.69 Å². The lowest BCUT2D eigenvalue weighted by Gasteiger charge is -2.34. The second kappa shape index (κ2) is 6.47. The summed E-state index contributed by atoms with van der Waals surface area (Å²) in [7, 11) is 0. The number of aromatic nitrogens is 2. The Morgan fingerprint density at radius 2 is 2.32 bits per heavy atom. The van der Waals surface area contributed by atoms with Gasteiger partial charge in [-0.2, -0.15) is 0 Å². The van der Waals surface area contributed by atoms with Gasteiger partial charge in [-0.1, -0.05) is 13.3 Å². The van der Waals surface area contributed by atoms with E-state index in [1.165, 1.54) is 25.3 Å². The van der Waals surface area contributed by atoms with Crippen LogP contribution < -0.4 is 5.32 Å². The number of carboxylic acids is 1. The van der Waals surface area contributed by atoms with Crippen molar-refractivity contribution < 1.29 is 9.90 Å². The summed E-state index contributed by atoms with van der Waals surface area (Å²) in [6.45, 7) is 5.23. The van der Waals surface area contributed by atoms with Crippen LogP contribution in [0.3, 0.4) is 0 Å². The highest BCUT2D eigenvalue weighted by Crippen LogP contribution is 2.16. The molecule has 1 aliphatic heterocycles. The first-order valence-corrected chi connectivity index (χ1v) is 6.75. The summed E-state index contributed by atoms with van der Waals surface area (Å²) in [6.07, 6.45) is 3.74. The Balaban J connectivity index is 1.88. The molecule has 6 nitrogen and oxygen atoms in total. The van der Waals surface area contributed by atoms with E-state index in [4.69, 9.17) is 5.11 Å². The first-order chi connectivity index (χ1) is 9.20. The molecule has 0 aliphatic carbocycles. The second-order valence-electron chi connectivity index (χ2n) is 4.77. The summed E-state index contributed by atoms with van der Waals surface area (Å²) >= 11 is 0. The highest BCUT2D eigenvalue weighted by Gasteiger charge is 2.20. The van der Waals surface area contributed by atoms with Crippen LogP contribution in [0.15, 0.2) is 12.1 Å². The number of anilines is 1. The molecule has 1 aromatic rings. The molecule has 0 radical (unpaired) electrons. The van der Waals surface area contributed by atoms with E-state index in [1.54, 1.807) is 6.07 Å². The van der Waals surface area contributed by atoms with Gasteiger partial charge in [0, 0.05) is 12.6 Å². The minimum atomic E-state index is -1.05.